The van der Waals surface area contributed by atoms with Gasteiger partial charge in [0.1, 0.15) is 10.7 Å². The number of nitrogens with zero attached hydrogens (tertiary/aromatic N) is 2. The van der Waals surface area contributed by atoms with E-state index < -0.39 is 0 Å². The highest BCUT2D eigenvalue weighted by atomic mass is 32.1. The highest BCUT2D eigenvalue weighted by Crippen LogP contribution is 2.26. The predicted octanol–water partition coefficient (Wildman–Crippen LogP) is 5.45. The number of aromatic nitrogens is 1. The molecular formula is C25H34N4OS. The number of benzene rings is 2. The van der Waals surface area contributed by atoms with Crippen molar-refractivity contribution in [2.45, 2.75) is 32.6 Å². The molecule has 1 aromatic heterocycles. The highest BCUT2D eigenvalue weighted by Gasteiger charge is 2.11. The van der Waals surface area contributed by atoms with Crippen LogP contribution < -0.4 is 16.0 Å². The van der Waals surface area contributed by atoms with E-state index in [9.17, 15) is 4.79 Å². The Morgan fingerprint density at radius 3 is 2.29 bits per heavy atom. The van der Waals surface area contributed by atoms with E-state index in [1.54, 1.807) is 5.38 Å². The van der Waals surface area contributed by atoms with Crippen molar-refractivity contribution < 1.29 is 4.79 Å². The SMILES string of the molecule is CC(C)c1cccc(-c2nc(C=O)cs2)c1.CNC.Nc1ccc(N2CCCC2)cc1. The Morgan fingerprint density at radius 2 is 1.74 bits per heavy atom. The lowest BCUT2D eigenvalue weighted by molar-refractivity contribution is 0.111. The van der Waals surface area contributed by atoms with Crippen LogP contribution in [0.5, 0.6) is 0 Å². The molecule has 2 heterocycles. The molecular weight excluding hydrogens is 404 g/mol. The molecule has 1 fully saturated rings. The van der Waals surface area contributed by atoms with Gasteiger partial charge in [-0.1, -0.05) is 32.0 Å². The fourth-order valence-electron chi connectivity index (χ4n) is 3.16. The number of nitrogens with one attached hydrogen (secondary N) is 1. The normalized spacial score (nSPS) is 12.6. The van der Waals surface area contributed by atoms with Crippen LogP contribution in [-0.2, 0) is 0 Å². The smallest absolute Gasteiger partial charge is 0.169 e. The zero-order chi connectivity index (χ0) is 22.6. The lowest BCUT2D eigenvalue weighted by Crippen LogP contribution is -2.17. The molecule has 3 aromatic rings. The molecule has 0 radical (unpaired) electrons. The number of carbonyl (C=O) groups excluding carboxylic acids is 1. The van der Waals surface area contributed by atoms with Crippen LogP contribution in [0.25, 0.3) is 10.6 Å². The molecule has 0 saturated carbocycles. The third-order valence-electron chi connectivity index (χ3n) is 4.81. The Bertz CT molecular complexity index is 915. The van der Waals surface area contributed by atoms with Crippen LogP contribution in [0.15, 0.2) is 53.9 Å². The maximum Gasteiger partial charge on any atom is 0.169 e. The van der Waals surface area contributed by atoms with E-state index in [1.807, 2.05) is 38.4 Å². The first kappa shape index (κ1) is 24.6. The van der Waals surface area contributed by atoms with E-state index >= 15 is 0 Å². The van der Waals surface area contributed by atoms with Crippen LogP contribution in [0, 0.1) is 0 Å². The van der Waals surface area contributed by atoms with Gasteiger partial charge in [0.15, 0.2) is 6.29 Å². The van der Waals surface area contributed by atoms with Gasteiger partial charge in [0.25, 0.3) is 0 Å². The molecule has 0 aliphatic carbocycles. The fraction of sp³-hybridized carbons (Fsp3) is 0.360. The summed E-state index contributed by atoms with van der Waals surface area (Å²) in [7, 11) is 3.75. The maximum atomic E-state index is 10.6. The monoisotopic (exact) mass is 438 g/mol. The number of thiazole rings is 1. The molecule has 4 rings (SSSR count). The summed E-state index contributed by atoms with van der Waals surface area (Å²) in [5, 5.41) is 5.44. The average Bonchev–Trinajstić information content (AvgIpc) is 3.48. The first-order valence-electron chi connectivity index (χ1n) is 10.7. The van der Waals surface area contributed by atoms with Gasteiger partial charge in [0.05, 0.1) is 0 Å². The second-order valence-corrected chi connectivity index (χ2v) is 8.62. The fourth-order valence-corrected chi connectivity index (χ4v) is 3.93. The molecule has 5 nitrogen and oxygen atoms in total. The lowest BCUT2D eigenvalue weighted by Gasteiger charge is -2.17. The predicted molar refractivity (Wildman–Crippen MR) is 134 cm³/mol. The first-order chi connectivity index (χ1) is 15.0. The minimum Gasteiger partial charge on any atom is -0.399 e. The summed E-state index contributed by atoms with van der Waals surface area (Å²) >= 11 is 1.51. The van der Waals surface area contributed by atoms with E-state index in [-0.39, 0.29) is 0 Å². The average molecular weight is 439 g/mol. The molecule has 0 bridgehead atoms. The van der Waals surface area contributed by atoms with Crippen LogP contribution in [0.4, 0.5) is 11.4 Å². The summed E-state index contributed by atoms with van der Waals surface area (Å²) in [4.78, 5) is 17.2. The molecule has 0 spiro atoms. The second-order valence-electron chi connectivity index (χ2n) is 7.76. The zero-order valence-electron chi connectivity index (χ0n) is 19.0. The van der Waals surface area contributed by atoms with Crippen LogP contribution in [0.2, 0.25) is 0 Å². The van der Waals surface area contributed by atoms with Crippen molar-refractivity contribution >= 4 is 29.0 Å². The quantitative estimate of drug-likeness (QED) is 0.419. The van der Waals surface area contributed by atoms with Gasteiger partial charge in [0, 0.05) is 35.4 Å². The number of nitrogens with two attached hydrogens (primary N) is 1. The summed E-state index contributed by atoms with van der Waals surface area (Å²) in [6, 6.07) is 16.4. The second kappa shape index (κ2) is 12.9. The van der Waals surface area contributed by atoms with Gasteiger partial charge in [-0.3, -0.25) is 4.79 Å². The molecule has 0 unspecified atom stereocenters. The van der Waals surface area contributed by atoms with Crippen molar-refractivity contribution in [3.8, 4) is 10.6 Å². The number of anilines is 2. The van der Waals surface area contributed by atoms with Crippen molar-refractivity contribution in [2.75, 3.05) is 37.8 Å². The molecule has 3 N–H and O–H groups in total. The number of hydrogen-bond acceptors (Lipinski definition) is 6. The number of hydrogen-bond donors (Lipinski definition) is 2. The Labute approximate surface area is 190 Å². The first-order valence-corrected chi connectivity index (χ1v) is 11.6. The van der Waals surface area contributed by atoms with Crippen molar-refractivity contribution in [3.05, 3.63) is 65.2 Å². The number of nitrogen functional groups attached to an aromatic ring is 1. The molecule has 31 heavy (non-hydrogen) atoms. The Kier molecular flexibility index (Phi) is 10.2. The minimum absolute atomic E-state index is 0.505. The molecule has 1 aliphatic heterocycles. The Morgan fingerprint density at radius 1 is 1.10 bits per heavy atom. The summed E-state index contributed by atoms with van der Waals surface area (Å²) in [6.45, 7) is 6.73. The molecule has 1 saturated heterocycles. The van der Waals surface area contributed by atoms with Crippen LogP contribution in [-0.4, -0.2) is 38.5 Å². The largest absolute Gasteiger partial charge is 0.399 e. The van der Waals surface area contributed by atoms with Crippen molar-refractivity contribution in [1.29, 1.82) is 0 Å². The molecule has 2 aromatic carbocycles. The van der Waals surface area contributed by atoms with Crippen LogP contribution in [0.1, 0.15) is 48.7 Å². The van der Waals surface area contributed by atoms with Gasteiger partial charge < -0.3 is 16.0 Å². The van der Waals surface area contributed by atoms with Gasteiger partial charge in [-0.25, -0.2) is 4.98 Å². The van der Waals surface area contributed by atoms with Gasteiger partial charge in [0.2, 0.25) is 0 Å². The van der Waals surface area contributed by atoms with E-state index in [0.29, 0.717) is 11.6 Å². The molecule has 0 amide bonds. The minimum atomic E-state index is 0.505. The van der Waals surface area contributed by atoms with Crippen molar-refractivity contribution in [3.63, 3.8) is 0 Å². The zero-order valence-corrected chi connectivity index (χ0v) is 19.8. The van der Waals surface area contributed by atoms with Crippen LogP contribution in [0.3, 0.4) is 0 Å². The third kappa shape index (κ3) is 7.81. The molecule has 1 aliphatic rings. The molecule has 0 atom stereocenters. The summed E-state index contributed by atoms with van der Waals surface area (Å²) in [5.74, 6) is 0.505. The van der Waals surface area contributed by atoms with E-state index in [2.05, 4.69) is 53.3 Å². The topological polar surface area (TPSA) is 71.2 Å². The summed E-state index contributed by atoms with van der Waals surface area (Å²) in [5.41, 5.74) is 10.6. The van der Waals surface area contributed by atoms with Gasteiger partial charge in [-0.05, 0) is 68.8 Å². The van der Waals surface area contributed by atoms with Crippen molar-refractivity contribution in [1.82, 2.24) is 10.3 Å². The standard InChI is InChI=1S/C13H13NOS.C10H14N2.C2H7N/c1-9(2)10-4-3-5-11(6-10)13-14-12(7-15)8-16-13;11-9-3-5-10(6-4-9)12-7-1-2-8-12;1-3-2/h3-9H,1-2H3;3-6H,1-2,7-8,11H2;3H,1-2H3. The van der Waals surface area contributed by atoms with E-state index in [1.165, 1.54) is 48.5 Å². The number of rotatable bonds is 4. The maximum absolute atomic E-state index is 10.6. The van der Waals surface area contributed by atoms with Gasteiger partial charge in [-0.2, -0.15) is 0 Å². The third-order valence-corrected chi connectivity index (χ3v) is 5.72. The summed E-state index contributed by atoms with van der Waals surface area (Å²) in [6.07, 6.45) is 3.43. The van der Waals surface area contributed by atoms with Gasteiger partial charge >= 0.3 is 0 Å². The van der Waals surface area contributed by atoms with Crippen molar-refractivity contribution in [2.24, 2.45) is 0 Å². The summed E-state index contributed by atoms with van der Waals surface area (Å²) < 4.78 is 0. The van der Waals surface area contributed by atoms with Gasteiger partial charge in [-0.15, -0.1) is 11.3 Å². The number of carbonyl (C=O) groups is 1. The Hall–Kier alpha value is -2.70. The van der Waals surface area contributed by atoms with E-state index in [4.69, 9.17) is 5.73 Å². The highest BCUT2D eigenvalue weighted by molar-refractivity contribution is 7.13. The van der Waals surface area contributed by atoms with E-state index in [0.717, 1.165) is 22.5 Å². The lowest BCUT2D eigenvalue weighted by atomic mass is 10.0. The van der Waals surface area contributed by atoms with Crippen LogP contribution >= 0.6 is 11.3 Å². The number of aldehydes is 1. The Balaban J connectivity index is 0.000000201. The molecule has 166 valence electrons. The molecule has 6 heteroatoms.